The van der Waals surface area contributed by atoms with Gasteiger partial charge in [0.2, 0.25) is 0 Å². The monoisotopic (exact) mass is 387 g/mol. The molecule has 0 spiro atoms. The molecule has 0 aromatic heterocycles. The fraction of sp³-hybridized carbons (Fsp3) is 0.231. The Morgan fingerprint density at radius 3 is 1.47 bits per heavy atom. The van der Waals surface area contributed by atoms with Gasteiger partial charge in [-0.25, -0.2) is 0 Å². The van der Waals surface area contributed by atoms with E-state index in [1.165, 1.54) is 0 Å². The van der Waals surface area contributed by atoms with E-state index in [1.807, 2.05) is 26.0 Å². The Balaban J connectivity index is 0.00000256. The van der Waals surface area contributed by atoms with Crippen LogP contribution in [0.25, 0.3) is 5.41 Å². The van der Waals surface area contributed by atoms with Crippen molar-refractivity contribution in [3.05, 3.63) is 95.9 Å². The van der Waals surface area contributed by atoms with Gasteiger partial charge >= 0.3 is 18.9 Å². The number of para-hydroxylation sites is 2. The van der Waals surface area contributed by atoms with Crippen LogP contribution in [0.15, 0.2) is 89.9 Å². The maximum atomic E-state index is 10.4. The Bertz CT molecular complexity index is 1010. The van der Waals surface area contributed by atoms with Gasteiger partial charge in [0.1, 0.15) is 0 Å². The smallest absolute Gasteiger partial charge is 0.468 e. The molecule has 0 atom stereocenters. The van der Waals surface area contributed by atoms with Gasteiger partial charge in [0.15, 0.2) is 0 Å². The number of anilines is 3. The first kappa shape index (κ1) is 22.1. The van der Waals surface area contributed by atoms with E-state index >= 15 is 0 Å². The van der Waals surface area contributed by atoms with Crippen molar-refractivity contribution in [1.29, 1.82) is 0 Å². The SMILES string of the molecule is CC1(C)C(=[N-])N=C(c2ccc(N(c3ccccc3)c3ccccc3)cc2)C1(C)C.[Li+]. The van der Waals surface area contributed by atoms with E-state index < -0.39 is 0 Å². The quantitative estimate of drug-likeness (QED) is 0.624. The van der Waals surface area contributed by atoms with Gasteiger partial charge in [-0.1, -0.05) is 87.8 Å². The van der Waals surface area contributed by atoms with Crippen molar-refractivity contribution in [3.63, 3.8) is 0 Å². The molecule has 0 unspecified atom stereocenters. The standard InChI is InChI=1S/C26H26N3.Li/c1-25(2)23(28-24(27)26(25,3)4)19-15-17-22(18-16-19)29(20-11-7-5-8-12-20)21-13-9-6-10-14-21;/h5-18H,1-4H3;/q-1;+1. The summed E-state index contributed by atoms with van der Waals surface area (Å²) in [6.07, 6.45) is 0. The molecule has 4 rings (SSSR count). The van der Waals surface area contributed by atoms with Crippen LogP contribution in [0, 0.1) is 10.8 Å². The Labute approximate surface area is 191 Å². The average Bonchev–Trinajstić information content (AvgIpc) is 2.89. The Hall–Kier alpha value is -2.60. The molecule has 1 aliphatic heterocycles. The number of hydrogen-bond donors (Lipinski definition) is 0. The maximum Gasteiger partial charge on any atom is 1.00 e. The molecule has 0 fully saturated rings. The largest absolute Gasteiger partial charge is 1.00 e. The number of aliphatic imine (C=N–C) groups is 1. The molecular formula is C26H26LiN3. The molecule has 146 valence electrons. The van der Waals surface area contributed by atoms with Crippen LogP contribution in [0.1, 0.15) is 33.3 Å². The third kappa shape index (κ3) is 3.65. The Morgan fingerprint density at radius 2 is 1.07 bits per heavy atom. The summed E-state index contributed by atoms with van der Waals surface area (Å²) >= 11 is 0. The fourth-order valence-corrected chi connectivity index (χ4v) is 3.76. The topological polar surface area (TPSA) is 37.9 Å². The molecule has 4 heteroatoms. The van der Waals surface area contributed by atoms with Gasteiger partial charge in [-0.2, -0.15) is 0 Å². The number of hydrogen-bond acceptors (Lipinski definition) is 1. The van der Waals surface area contributed by atoms with E-state index in [9.17, 15) is 5.41 Å². The molecular weight excluding hydrogens is 361 g/mol. The Kier molecular flexibility index (Phi) is 6.08. The predicted molar refractivity (Wildman–Crippen MR) is 124 cm³/mol. The number of nitrogens with zero attached hydrogens (tertiary/aromatic N) is 3. The van der Waals surface area contributed by atoms with Gasteiger partial charge in [-0.05, 0) is 52.8 Å². The summed E-state index contributed by atoms with van der Waals surface area (Å²) in [7, 11) is 0. The fourth-order valence-electron chi connectivity index (χ4n) is 3.76. The van der Waals surface area contributed by atoms with Crippen molar-refractivity contribution in [2.75, 3.05) is 4.90 Å². The van der Waals surface area contributed by atoms with Crippen LogP contribution >= 0.6 is 0 Å². The van der Waals surface area contributed by atoms with Crippen LogP contribution in [0.4, 0.5) is 17.1 Å². The van der Waals surface area contributed by atoms with Gasteiger partial charge in [-0.3, -0.25) is 0 Å². The van der Waals surface area contributed by atoms with E-state index in [2.05, 4.69) is 96.5 Å². The summed E-state index contributed by atoms with van der Waals surface area (Å²) in [5.74, 6) is 0.205. The zero-order valence-corrected chi connectivity index (χ0v) is 18.4. The normalized spacial score (nSPS) is 16.5. The molecule has 1 aliphatic rings. The molecule has 1 heterocycles. The minimum atomic E-state index is -0.388. The van der Waals surface area contributed by atoms with Gasteiger partial charge in [0.25, 0.3) is 0 Å². The number of amidine groups is 1. The third-order valence-electron chi connectivity index (χ3n) is 6.36. The van der Waals surface area contributed by atoms with Crippen LogP contribution in [-0.2, 0) is 0 Å². The average molecular weight is 387 g/mol. The first-order chi connectivity index (χ1) is 13.8. The molecule has 0 saturated carbocycles. The predicted octanol–water partition coefficient (Wildman–Crippen LogP) is 3.98. The second-order valence-corrected chi connectivity index (χ2v) is 8.59. The molecule has 0 bridgehead atoms. The van der Waals surface area contributed by atoms with Gasteiger partial charge in [0, 0.05) is 17.1 Å². The molecule has 0 N–H and O–H groups in total. The van der Waals surface area contributed by atoms with Crippen molar-refractivity contribution in [3.8, 4) is 0 Å². The van der Waals surface area contributed by atoms with Crippen LogP contribution in [-0.4, -0.2) is 11.5 Å². The van der Waals surface area contributed by atoms with Gasteiger partial charge in [-0.15, -0.1) is 0 Å². The minimum absolute atomic E-state index is 0. The van der Waals surface area contributed by atoms with Crippen LogP contribution < -0.4 is 23.8 Å². The zero-order chi connectivity index (χ0) is 20.6. The van der Waals surface area contributed by atoms with E-state index in [-0.39, 0.29) is 35.5 Å². The summed E-state index contributed by atoms with van der Waals surface area (Å²) in [6, 6.07) is 29.2. The zero-order valence-electron chi connectivity index (χ0n) is 18.4. The van der Waals surface area contributed by atoms with Crippen LogP contribution in [0.5, 0.6) is 0 Å². The van der Waals surface area contributed by atoms with Crippen LogP contribution in [0.3, 0.4) is 0 Å². The first-order valence-electron chi connectivity index (χ1n) is 9.98. The first-order valence-corrected chi connectivity index (χ1v) is 9.98. The summed E-state index contributed by atoms with van der Waals surface area (Å²) in [6.45, 7) is 8.37. The summed E-state index contributed by atoms with van der Waals surface area (Å²) < 4.78 is 0. The van der Waals surface area contributed by atoms with Crippen molar-refractivity contribution in [2.45, 2.75) is 27.7 Å². The minimum Gasteiger partial charge on any atom is -0.468 e. The summed E-state index contributed by atoms with van der Waals surface area (Å²) in [4.78, 5) is 6.77. The van der Waals surface area contributed by atoms with E-state index in [0.717, 1.165) is 28.3 Å². The van der Waals surface area contributed by atoms with Crippen molar-refractivity contribution >= 4 is 28.6 Å². The second-order valence-electron chi connectivity index (χ2n) is 8.59. The number of benzene rings is 3. The Morgan fingerprint density at radius 1 is 0.633 bits per heavy atom. The van der Waals surface area contributed by atoms with Crippen molar-refractivity contribution in [1.82, 2.24) is 0 Å². The molecule has 3 aromatic rings. The van der Waals surface area contributed by atoms with Crippen LogP contribution in [0.2, 0.25) is 0 Å². The summed E-state index contributed by atoms with van der Waals surface area (Å²) in [5.41, 5.74) is 4.62. The van der Waals surface area contributed by atoms with Crippen molar-refractivity contribution in [2.24, 2.45) is 15.8 Å². The molecule has 0 radical (unpaired) electrons. The van der Waals surface area contributed by atoms with E-state index in [0.29, 0.717) is 0 Å². The molecule has 3 aromatic carbocycles. The molecule has 0 amide bonds. The number of rotatable bonds is 4. The van der Waals surface area contributed by atoms with Crippen molar-refractivity contribution < 1.29 is 18.9 Å². The molecule has 3 nitrogen and oxygen atoms in total. The molecule has 0 aliphatic carbocycles. The molecule has 30 heavy (non-hydrogen) atoms. The van der Waals surface area contributed by atoms with E-state index in [4.69, 9.17) is 0 Å². The third-order valence-corrected chi connectivity index (χ3v) is 6.36. The maximum absolute atomic E-state index is 10.4. The second kappa shape index (κ2) is 8.26. The summed E-state index contributed by atoms with van der Waals surface area (Å²) in [5, 5.41) is 10.4. The van der Waals surface area contributed by atoms with E-state index in [1.54, 1.807) is 0 Å². The molecule has 0 saturated heterocycles. The van der Waals surface area contributed by atoms with Gasteiger partial charge < -0.3 is 15.3 Å². The van der Waals surface area contributed by atoms with Gasteiger partial charge in [0.05, 0.1) is 0 Å².